The molecule has 5 nitrogen and oxygen atoms in total. The van der Waals surface area contributed by atoms with Gasteiger partial charge in [-0.1, -0.05) is 19.9 Å². The number of amides is 1. The van der Waals surface area contributed by atoms with Crippen molar-refractivity contribution in [2.75, 3.05) is 13.3 Å². The summed E-state index contributed by atoms with van der Waals surface area (Å²) in [6.45, 7) is 7.29. The van der Waals surface area contributed by atoms with E-state index in [1.54, 1.807) is 4.90 Å². The van der Waals surface area contributed by atoms with Gasteiger partial charge in [-0.25, -0.2) is 0 Å². The SMILES string of the molecule is CCN(Cc1ccc2c(c1)OCO2)C(=O)C(N)C(C)C. The summed E-state index contributed by atoms with van der Waals surface area (Å²) in [4.78, 5) is 14.1. The molecule has 0 saturated heterocycles. The highest BCUT2D eigenvalue weighted by molar-refractivity contribution is 5.81. The van der Waals surface area contributed by atoms with E-state index in [1.165, 1.54) is 0 Å². The number of ether oxygens (including phenoxy) is 2. The molecule has 1 aromatic rings. The van der Waals surface area contributed by atoms with E-state index in [0.717, 1.165) is 17.1 Å². The molecule has 0 saturated carbocycles. The molecule has 2 N–H and O–H groups in total. The van der Waals surface area contributed by atoms with Crippen molar-refractivity contribution >= 4 is 5.91 Å². The van der Waals surface area contributed by atoms with Crippen molar-refractivity contribution in [2.45, 2.75) is 33.4 Å². The first-order valence-electron chi connectivity index (χ1n) is 6.95. The Hall–Kier alpha value is -1.75. The minimum Gasteiger partial charge on any atom is -0.454 e. The van der Waals surface area contributed by atoms with Crippen molar-refractivity contribution in [1.29, 1.82) is 0 Å². The molecule has 110 valence electrons. The summed E-state index contributed by atoms with van der Waals surface area (Å²) < 4.78 is 10.6. The van der Waals surface area contributed by atoms with Crippen molar-refractivity contribution in [2.24, 2.45) is 11.7 Å². The third-order valence-electron chi connectivity index (χ3n) is 3.51. The summed E-state index contributed by atoms with van der Waals surface area (Å²) in [5.41, 5.74) is 6.96. The molecule has 0 fully saturated rings. The first kappa shape index (κ1) is 14.7. The van der Waals surface area contributed by atoms with Crippen LogP contribution in [0.4, 0.5) is 0 Å². The molecule has 5 heteroatoms. The maximum Gasteiger partial charge on any atom is 0.240 e. The Kier molecular flexibility index (Phi) is 4.49. The van der Waals surface area contributed by atoms with Crippen LogP contribution in [-0.4, -0.2) is 30.2 Å². The summed E-state index contributed by atoms with van der Waals surface area (Å²) in [5.74, 6) is 1.61. The molecule has 1 amide bonds. The number of rotatable bonds is 5. The van der Waals surface area contributed by atoms with Crippen molar-refractivity contribution in [1.82, 2.24) is 4.90 Å². The molecule has 0 radical (unpaired) electrons. The average Bonchev–Trinajstić information content (AvgIpc) is 2.90. The first-order chi connectivity index (χ1) is 9.52. The predicted molar refractivity (Wildman–Crippen MR) is 76.5 cm³/mol. The molecule has 0 aromatic heterocycles. The molecule has 1 aliphatic rings. The second-order valence-electron chi connectivity index (χ2n) is 5.31. The summed E-state index contributed by atoms with van der Waals surface area (Å²) in [6, 6.07) is 5.28. The lowest BCUT2D eigenvalue weighted by Gasteiger charge is -2.26. The fraction of sp³-hybridized carbons (Fsp3) is 0.533. The molecule has 1 unspecified atom stereocenters. The van der Waals surface area contributed by atoms with Gasteiger partial charge in [0.25, 0.3) is 0 Å². The number of nitrogens with two attached hydrogens (primary N) is 1. The van der Waals surface area contributed by atoms with Crippen LogP contribution in [0.5, 0.6) is 11.5 Å². The minimum absolute atomic E-state index is 0.0137. The van der Waals surface area contributed by atoms with Crippen LogP contribution in [0.15, 0.2) is 18.2 Å². The van der Waals surface area contributed by atoms with Crippen LogP contribution in [0.3, 0.4) is 0 Å². The molecule has 20 heavy (non-hydrogen) atoms. The molecule has 1 heterocycles. The van der Waals surface area contributed by atoms with Crippen LogP contribution in [0.25, 0.3) is 0 Å². The molecule has 1 aromatic carbocycles. The Balaban J connectivity index is 2.08. The highest BCUT2D eigenvalue weighted by Gasteiger charge is 2.23. The van der Waals surface area contributed by atoms with Gasteiger partial charge in [-0.2, -0.15) is 0 Å². The Morgan fingerprint density at radius 3 is 2.70 bits per heavy atom. The van der Waals surface area contributed by atoms with E-state index in [1.807, 2.05) is 39.0 Å². The smallest absolute Gasteiger partial charge is 0.240 e. The van der Waals surface area contributed by atoms with Gasteiger partial charge < -0.3 is 20.1 Å². The Morgan fingerprint density at radius 2 is 2.05 bits per heavy atom. The lowest BCUT2D eigenvalue weighted by Crippen LogP contribution is -2.46. The maximum absolute atomic E-state index is 12.3. The summed E-state index contributed by atoms with van der Waals surface area (Å²) >= 11 is 0. The fourth-order valence-corrected chi connectivity index (χ4v) is 2.10. The van der Waals surface area contributed by atoms with Crippen molar-refractivity contribution in [3.05, 3.63) is 23.8 Å². The van der Waals surface area contributed by atoms with E-state index in [-0.39, 0.29) is 18.6 Å². The largest absolute Gasteiger partial charge is 0.454 e. The van der Waals surface area contributed by atoms with Gasteiger partial charge in [0.05, 0.1) is 6.04 Å². The summed E-state index contributed by atoms with van der Waals surface area (Å²) in [7, 11) is 0. The second-order valence-corrected chi connectivity index (χ2v) is 5.31. The molecule has 1 aliphatic heterocycles. The lowest BCUT2D eigenvalue weighted by molar-refractivity contribution is -0.134. The van der Waals surface area contributed by atoms with Gasteiger partial charge in [-0.15, -0.1) is 0 Å². The second kappa shape index (κ2) is 6.13. The maximum atomic E-state index is 12.3. The van der Waals surface area contributed by atoms with E-state index in [0.29, 0.717) is 13.1 Å². The van der Waals surface area contributed by atoms with Gasteiger partial charge in [0.1, 0.15) is 0 Å². The van der Waals surface area contributed by atoms with Gasteiger partial charge in [-0.05, 0) is 30.5 Å². The number of carbonyl (C=O) groups is 1. The number of likely N-dealkylation sites (N-methyl/N-ethyl adjacent to an activating group) is 1. The molecule has 0 bridgehead atoms. The van der Waals surface area contributed by atoms with Gasteiger partial charge in [0.15, 0.2) is 11.5 Å². The standard InChI is InChI=1S/C15H22N2O3/c1-4-17(15(18)14(16)10(2)3)8-11-5-6-12-13(7-11)20-9-19-12/h5-7,10,14H,4,8-9,16H2,1-3H3. The number of hydrogen-bond acceptors (Lipinski definition) is 4. The van der Waals surface area contributed by atoms with Crippen molar-refractivity contribution in [3.63, 3.8) is 0 Å². The first-order valence-corrected chi connectivity index (χ1v) is 6.95. The zero-order valence-electron chi connectivity index (χ0n) is 12.3. The third-order valence-corrected chi connectivity index (χ3v) is 3.51. The lowest BCUT2D eigenvalue weighted by atomic mass is 10.0. The van der Waals surface area contributed by atoms with E-state index in [4.69, 9.17) is 15.2 Å². The number of carbonyl (C=O) groups excluding carboxylic acids is 1. The molecule has 0 spiro atoms. The molecular formula is C15H22N2O3. The molecule has 2 rings (SSSR count). The summed E-state index contributed by atoms with van der Waals surface area (Å²) in [5, 5.41) is 0. The number of nitrogens with zero attached hydrogens (tertiary/aromatic N) is 1. The third kappa shape index (κ3) is 3.04. The van der Waals surface area contributed by atoms with Crippen LogP contribution in [0.2, 0.25) is 0 Å². The quantitative estimate of drug-likeness (QED) is 0.891. The Morgan fingerprint density at radius 1 is 1.35 bits per heavy atom. The zero-order valence-corrected chi connectivity index (χ0v) is 12.3. The van der Waals surface area contributed by atoms with Gasteiger partial charge in [0, 0.05) is 13.1 Å². The van der Waals surface area contributed by atoms with E-state index in [9.17, 15) is 4.79 Å². The van der Waals surface area contributed by atoms with Crippen LogP contribution >= 0.6 is 0 Å². The van der Waals surface area contributed by atoms with E-state index >= 15 is 0 Å². The van der Waals surface area contributed by atoms with Crippen molar-refractivity contribution < 1.29 is 14.3 Å². The van der Waals surface area contributed by atoms with E-state index < -0.39 is 6.04 Å². The minimum atomic E-state index is -0.455. The molecule has 0 aliphatic carbocycles. The van der Waals surface area contributed by atoms with E-state index in [2.05, 4.69) is 0 Å². The fourth-order valence-electron chi connectivity index (χ4n) is 2.10. The van der Waals surface area contributed by atoms with Crippen LogP contribution in [0, 0.1) is 5.92 Å². The normalized spacial score (nSPS) is 14.4. The Bertz CT molecular complexity index is 488. The Labute approximate surface area is 119 Å². The van der Waals surface area contributed by atoms with Crippen LogP contribution < -0.4 is 15.2 Å². The van der Waals surface area contributed by atoms with Crippen LogP contribution in [-0.2, 0) is 11.3 Å². The van der Waals surface area contributed by atoms with Gasteiger partial charge in [-0.3, -0.25) is 4.79 Å². The van der Waals surface area contributed by atoms with Crippen molar-refractivity contribution in [3.8, 4) is 11.5 Å². The molecular weight excluding hydrogens is 256 g/mol. The highest BCUT2D eigenvalue weighted by atomic mass is 16.7. The monoisotopic (exact) mass is 278 g/mol. The van der Waals surface area contributed by atoms with Gasteiger partial charge >= 0.3 is 0 Å². The highest BCUT2D eigenvalue weighted by Crippen LogP contribution is 2.32. The summed E-state index contributed by atoms with van der Waals surface area (Å²) in [6.07, 6.45) is 0. The average molecular weight is 278 g/mol. The van der Waals surface area contributed by atoms with Gasteiger partial charge in [0.2, 0.25) is 12.7 Å². The zero-order chi connectivity index (χ0) is 14.7. The topological polar surface area (TPSA) is 64.8 Å². The number of benzene rings is 1. The predicted octanol–water partition coefficient (Wildman–Crippen LogP) is 1.75. The molecule has 1 atom stereocenters. The van der Waals surface area contributed by atoms with Crippen LogP contribution in [0.1, 0.15) is 26.3 Å². The number of fused-ring (bicyclic) bond motifs is 1. The number of hydrogen-bond donors (Lipinski definition) is 1.